The number of aryl methyl sites for hydroxylation is 1. The van der Waals surface area contributed by atoms with Crippen LogP contribution in [0.4, 0.5) is 24.8 Å². The van der Waals surface area contributed by atoms with Crippen LogP contribution < -0.4 is 11.1 Å². The van der Waals surface area contributed by atoms with Crippen molar-refractivity contribution in [3.8, 4) is 10.6 Å². The van der Waals surface area contributed by atoms with E-state index in [2.05, 4.69) is 25.3 Å². The molecule has 4 N–H and O–H groups in total. The van der Waals surface area contributed by atoms with Crippen LogP contribution >= 0.6 is 11.3 Å². The van der Waals surface area contributed by atoms with Crippen molar-refractivity contribution in [2.24, 2.45) is 17.6 Å². The molecule has 1 saturated carbocycles. The summed E-state index contributed by atoms with van der Waals surface area (Å²) in [6.07, 6.45) is -0.902. The third kappa shape index (κ3) is 5.02. The Kier molecular flexibility index (Phi) is 6.30. The Bertz CT molecular complexity index is 1220. The highest BCUT2D eigenvalue weighted by Gasteiger charge is 2.42. The van der Waals surface area contributed by atoms with Crippen molar-refractivity contribution in [3.05, 3.63) is 47.0 Å². The molecule has 0 aromatic carbocycles. The van der Waals surface area contributed by atoms with Crippen LogP contribution in [0.2, 0.25) is 0 Å². The Hall–Kier alpha value is -3.12. The molecular formula is C22H23F3N6O2S. The number of halogens is 3. The van der Waals surface area contributed by atoms with E-state index in [9.17, 15) is 23.1 Å². The van der Waals surface area contributed by atoms with E-state index in [1.807, 2.05) is 19.9 Å². The van der Waals surface area contributed by atoms with Crippen LogP contribution in [0.15, 0.2) is 30.7 Å². The largest absolute Gasteiger partial charge is 0.433 e. The first-order valence-electron chi connectivity index (χ1n) is 10.6. The number of nitrogens with zero attached hydrogens (tertiary/aromatic N) is 4. The minimum Gasteiger partial charge on any atom is -0.383 e. The summed E-state index contributed by atoms with van der Waals surface area (Å²) in [6.45, 7) is 3.73. The van der Waals surface area contributed by atoms with Gasteiger partial charge >= 0.3 is 6.18 Å². The van der Waals surface area contributed by atoms with Gasteiger partial charge in [0.1, 0.15) is 34.3 Å². The summed E-state index contributed by atoms with van der Waals surface area (Å²) in [5.74, 6) is -0.432. The third-order valence-electron chi connectivity index (χ3n) is 5.92. The molecule has 3 aromatic heterocycles. The fourth-order valence-electron chi connectivity index (χ4n) is 4.25. The second-order valence-electron chi connectivity index (χ2n) is 8.62. The number of carbonyl (C=O) groups excluding carboxylic acids is 1. The maximum atomic E-state index is 12.9. The molecule has 0 aliphatic heterocycles. The number of nitrogens with two attached hydrogens (primary N) is 1. The number of aromatic nitrogens is 4. The quantitative estimate of drug-likeness (QED) is 0.488. The molecule has 1 amide bonds. The van der Waals surface area contributed by atoms with E-state index >= 15 is 0 Å². The Morgan fingerprint density at radius 1 is 1.24 bits per heavy atom. The fourth-order valence-corrected chi connectivity index (χ4v) is 5.25. The highest BCUT2D eigenvalue weighted by atomic mass is 32.1. The van der Waals surface area contributed by atoms with Crippen LogP contribution in [0.3, 0.4) is 0 Å². The van der Waals surface area contributed by atoms with Gasteiger partial charge in [0.25, 0.3) is 0 Å². The average Bonchev–Trinajstić information content (AvgIpc) is 3.24. The number of anilines is 2. The first kappa shape index (κ1) is 24.0. The predicted octanol–water partition coefficient (Wildman–Crippen LogP) is 4.18. The number of alkyl halides is 3. The van der Waals surface area contributed by atoms with E-state index in [0.29, 0.717) is 40.7 Å². The van der Waals surface area contributed by atoms with Crippen molar-refractivity contribution in [3.63, 3.8) is 0 Å². The summed E-state index contributed by atoms with van der Waals surface area (Å²) >= 11 is 1.29. The Balaban J connectivity index is 1.57. The van der Waals surface area contributed by atoms with Gasteiger partial charge in [-0.15, -0.1) is 11.3 Å². The van der Waals surface area contributed by atoms with Gasteiger partial charge in [-0.2, -0.15) is 13.2 Å². The van der Waals surface area contributed by atoms with Crippen LogP contribution in [0.1, 0.15) is 42.5 Å². The lowest BCUT2D eigenvalue weighted by molar-refractivity contribution is -0.141. The zero-order chi connectivity index (χ0) is 24.7. The van der Waals surface area contributed by atoms with Crippen molar-refractivity contribution < 1.29 is 23.1 Å². The number of hydrogen-bond acceptors (Lipinski definition) is 8. The van der Waals surface area contributed by atoms with Crippen molar-refractivity contribution in [1.82, 2.24) is 19.9 Å². The highest BCUT2D eigenvalue weighted by molar-refractivity contribution is 7.15. The van der Waals surface area contributed by atoms with Crippen molar-refractivity contribution in [1.29, 1.82) is 0 Å². The molecule has 34 heavy (non-hydrogen) atoms. The lowest BCUT2D eigenvalue weighted by Gasteiger charge is -2.37. The number of amides is 1. The second-order valence-corrected chi connectivity index (χ2v) is 9.65. The highest BCUT2D eigenvalue weighted by Crippen LogP contribution is 2.45. The number of thiazole rings is 1. The minimum absolute atomic E-state index is 0.0362. The number of carbonyl (C=O) groups is 1. The molecule has 0 radical (unpaired) electrons. The molecule has 180 valence electrons. The molecule has 1 fully saturated rings. The van der Waals surface area contributed by atoms with Gasteiger partial charge in [-0.05, 0) is 49.8 Å². The number of nitrogens with one attached hydrogen (secondary N) is 1. The molecule has 0 unspecified atom stereocenters. The first-order valence-corrected chi connectivity index (χ1v) is 11.4. The van der Waals surface area contributed by atoms with E-state index in [0.717, 1.165) is 18.0 Å². The SMILES string of the molecule is Cc1cc(Nc2cc(C(F)(F)F)ncn2)nc(-c2cnc([C@@]3(O)CC[C@@H](C(N)=O)[C@@H](C)C3)s2)c1. The third-order valence-corrected chi connectivity index (χ3v) is 7.13. The molecular weight excluding hydrogens is 469 g/mol. The standard InChI is InChI=1S/C22H23F3N6O2S/c1-11-5-14(30-18(6-11)31-17-7-16(22(23,24)25)28-10-29-17)15-9-27-20(34-15)21(33)4-3-13(19(26)32)12(2)8-21/h5-7,9-10,12-13,33H,3-4,8H2,1-2H3,(H2,26,32)(H,28,29,30,31)/t12-,13+,21+/m0/s1. The first-order chi connectivity index (χ1) is 15.9. The van der Waals surface area contributed by atoms with Crippen LogP contribution in [0, 0.1) is 18.8 Å². The Morgan fingerprint density at radius 2 is 2.00 bits per heavy atom. The summed E-state index contributed by atoms with van der Waals surface area (Å²) < 4.78 is 38.8. The monoisotopic (exact) mass is 492 g/mol. The summed E-state index contributed by atoms with van der Waals surface area (Å²) in [4.78, 5) is 28.3. The van der Waals surface area contributed by atoms with Crippen LogP contribution in [-0.2, 0) is 16.6 Å². The van der Waals surface area contributed by atoms with Gasteiger partial charge < -0.3 is 16.2 Å². The summed E-state index contributed by atoms with van der Waals surface area (Å²) in [6, 6.07) is 4.31. The normalized spacial score (nSPS) is 23.0. The molecule has 0 bridgehead atoms. The van der Waals surface area contributed by atoms with E-state index in [1.165, 1.54) is 11.3 Å². The molecule has 3 aromatic rings. The number of pyridine rings is 1. The van der Waals surface area contributed by atoms with Gasteiger partial charge in [0.2, 0.25) is 5.91 Å². The molecule has 1 aliphatic carbocycles. The van der Waals surface area contributed by atoms with Gasteiger partial charge in [0.15, 0.2) is 0 Å². The number of hydrogen-bond donors (Lipinski definition) is 3. The van der Waals surface area contributed by atoms with Gasteiger partial charge in [-0.3, -0.25) is 4.79 Å². The van der Waals surface area contributed by atoms with Crippen molar-refractivity contribution >= 4 is 28.9 Å². The van der Waals surface area contributed by atoms with Crippen LogP contribution in [-0.4, -0.2) is 30.9 Å². The zero-order valence-electron chi connectivity index (χ0n) is 18.4. The van der Waals surface area contributed by atoms with Gasteiger partial charge in [-0.25, -0.2) is 19.9 Å². The van der Waals surface area contributed by atoms with E-state index in [4.69, 9.17) is 5.73 Å². The predicted molar refractivity (Wildman–Crippen MR) is 120 cm³/mol. The number of aliphatic hydroxyl groups is 1. The minimum atomic E-state index is -4.59. The second kappa shape index (κ2) is 8.91. The van der Waals surface area contributed by atoms with Crippen molar-refractivity contribution in [2.45, 2.75) is 44.9 Å². The van der Waals surface area contributed by atoms with Crippen LogP contribution in [0.5, 0.6) is 0 Å². The molecule has 12 heteroatoms. The topological polar surface area (TPSA) is 127 Å². The van der Waals surface area contributed by atoms with Crippen molar-refractivity contribution in [2.75, 3.05) is 5.32 Å². The van der Waals surface area contributed by atoms with Gasteiger partial charge in [0.05, 0.1) is 10.6 Å². The van der Waals surface area contributed by atoms with Gasteiger partial charge in [0, 0.05) is 18.2 Å². The lowest BCUT2D eigenvalue weighted by Crippen LogP contribution is -2.40. The van der Waals surface area contributed by atoms with E-state index in [1.54, 1.807) is 12.3 Å². The fraction of sp³-hybridized carbons (Fsp3) is 0.409. The molecule has 0 saturated heterocycles. The van der Waals surface area contributed by atoms with Crippen LogP contribution in [0.25, 0.3) is 10.6 Å². The molecule has 3 heterocycles. The molecule has 1 aliphatic rings. The summed E-state index contributed by atoms with van der Waals surface area (Å²) in [5, 5.41) is 14.5. The van der Waals surface area contributed by atoms with E-state index < -0.39 is 17.5 Å². The van der Waals surface area contributed by atoms with Gasteiger partial charge in [-0.1, -0.05) is 6.92 Å². The summed E-state index contributed by atoms with van der Waals surface area (Å²) in [5.41, 5.74) is 4.63. The maximum Gasteiger partial charge on any atom is 0.433 e. The number of rotatable bonds is 5. The Morgan fingerprint density at radius 3 is 2.68 bits per heavy atom. The molecule has 3 atom stereocenters. The molecule has 0 spiro atoms. The molecule has 4 rings (SSSR count). The lowest BCUT2D eigenvalue weighted by atomic mass is 9.72. The Labute approximate surface area is 197 Å². The van der Waals surface area contributed by atoms with E-state index in [-0.39, 0.29) is 23.6 Å². The maximum absolute atomic E-state index is 12.9. The zero-order valence-corrected chi connectivity index (χ0v) is 19.2. The summed E-state index contributed by atoms with van der Waals surface area (Å²) in [7, 11) is 0. The smallest absolute Gasteiger partial charge is 0.383 e. The average molecular weight is 493 g/mol. The molecule has 8 nitrogen and oxygen atoms in total. The number of primary amides is 1.